The van der Waals surface area contributed by atoms with E-state index in [1.54, 1.807) is 0 Å². The van der Waals surface area contributed by atoms with Crippen LogP contribution in [0.4, 0.5) is 0 Å². The van der Waals surface area contributed by atoms with Gasteiger partial charge in [-0.3, -0.25) is 19.2 Å². The first kappa shape index (κ1) is 76.9. The van der Waals surface area contributed by atoms with Gasteiger partial charge in [0, 0.05) is 25.7 Å². The van der Waals surface area contributed by atoms with Crippen LogP contribution >= 0.6 is 0 Å². The Balaban J connectivity index is 0. The van der Waals surface area contributed by atoms with Crippen LogP contribution < -0.4 is 0 Å². The highest BCUT2D eigenvalue weighted by molar-refractivity contribution is 5.71. The molecule has 0 N–H and O–H groups in total. The lowest BCUT2D eigenvalue weighted by Gasteiger charge is -2.18. The molecule has 0 fully saturated rings. The Kier molecular flexibility index (Phi) is 66.3. The molecule has 458 valence electrons. The predicted octanol–water partition coefficient (Wildman–Crippen LogP) is 22.3. The van der Waals surface area contributed by atoms with Crippen LogP contribution in [0.2, 0.25) is 0 Å². The molecule has 0 rings (SSSR count). The van der Waals surface area contributed by atoms with E-state index in [0.717, 1.165) is 70.6 Å². The normalized spacial score (nSPS) is 11.6. The van der Waals surface area contributed by atoms with Crippen molar-refractivity contribution in [3.8, 4) is 0 Å². The van der Waals surface area contributed by atoms with Crippen molar-refractivity contribution in [1.82, 2.24) is 0 Å². The van der Waals surface area contributed by atoms with Crippen molar-refractivity contribution in [2.75, 3.05) is 19.8 Å². The fourth-order valence-corrected chi connectivity index (χ4v) is 10.1. The lowest BCUT2D eigenvalue weighted by Crippen LogP contribution is -2.30. The molecule has 1 unspecified atom stereocenters. The average molecular weight is 1090 g/mol. The summed E-state index contributed by atoms with van der Waals surface area (Å²) in [4.78, 5) is 49.4. The summed E-state index contributed by atoms with van der Waals surface area (Å²) in [6, 6.07) is 0. The minimum absolute atomic E-state index is 0.0167. The van der Waals surface area contributed by atoms with Gasteiger partial charge in [0.25, 0.3) is 0 Å². The van der Waals surface area contributed by atoms with Gasteiger partial charge in [-0.2, -0.15) is 0 Å². The van der Waals surface area contributed by atoms with E-state index in [1.807, 2.05) is 0 Å². The van der Waals surface area contributed by atoms with Crippen LogP contribution in [0.5, 0.6) is 0 Å². The first-order valence-corrected chi connectivity index (χ1v) is 34.4. The standard InChI is InChI=1S/C45H86O6.C24H48O2/c1-4-7-10-13-16-19-22-25-28-31-34-37-43(46)49-40-42(51-45(48)39-36-33-30-27-24-21-18-15-12-9-6-3)41-50-44(47)38-35-32-29-26-23-20-17-14-11-8-5-2;1-4-7-9-10-11-12-13-14-15-16-17-18-19-21-24(25)26-22-23(6-3)20-8-5-2/h42H,4-41H2,1-3H3;23H,4-22H2,1-3H3. The zero-order valence-electron chi connectivity index (χ0n) is 52.7. The number of hydrogen-bond donors (Lipinski definition) is 0. The monoisotopic (exact) mass is 1090 g/mol. The van der Waals surface area contributed by atoms with Gasteiger partial charge in [0.2, 0.25) is 0 Å². The average Bonchev–Trinajstić information content (AvgIpc) is 3.43. The third kappa shape index (κ3) is 64.6. The molecule has 0 aromatic rings. The predicted molar refractivity (Wildman–Crippen MR) is 330 cm³/mol. The van der Waals surface area contributed by atoms with Crippen LogP contribution in [0.3, 0.4) is 0 Å². The number of rotatable bonds is 61. The fraction of sp³-hybridized carbons (Fsp3) is 0.942. The third-order valence-electron chi connectivity index (χ3n) is 15.6. The van der Waals surface area contributed by atoms with Crippen molar-refractivity contribution >= 4 is 23.9 Å². The van der Waals surface area contributed by atoms with E-state index in [0.29, 0.717) is 38.2 Å². The van der Waals surface area contributed by atoms with E-state index >= 15 is 0 Å². The number of esters is 4. The van der Waals surface area contributed by atoms with E-state index in [4.69, 9.17) is 18.9 Å². The van der Waals surface area contributed by atoms with Crippen molar-refractivity contribution in [2.45, 2.75) is 394 Å². The molecule has 8 nitrogen and oxygen atoms in total. The van der Waals surface area contributed by atoms with E-state index in [2.05, 4.69) is 41.5 Å². The summed E-state index contributed by atoms with van der Waals surface area (Å²) in [5.41, 5.74) is 0. The molecule has 0 bridgehead atoms. The van der Waals surface area contributed by atoms with Gasteiger partial charge < -0.3 is 18.9 Å². The zero-order chi connectivity index (χ0) is 56.6. The van der Waals surface area contributed by atoms with E-state index in [-0.39, 0.29) is 37.1 Å². The first-order valence-electron chi connectivity index (χ1n) is 34.4. The molecule has 0 heterocycles. The maximum Gasteiger partial charge on any atom is 0.306 e. The zero-order valence-corrected chi connectivity index (χ0v) is 52.7. The Hall–Kier alpha value is -2.12. The maximum absolute atomic E-state index is 12.7. The van der Waals surface area contributed by atoms with Gasteiger partial charge in [0.05, 0.1) is 6.61 Å². The minimum Gasteiger partial charge on any atom is -0.465 e. The van der Waals surface area contributed by atoms with Crippen molar-refractivity contribution in [2.24, 2.45) is 5.92 Å². The minimum atomic E-state index is -0.757. The van der Waals surface area contributed by atoms with E-state index in [9.17, 15) is 19.2 Å². The molecule has 0 saturated carbocycles. The largest absolute Gasteiger partial charge is 0.465 e. The van der Waals surface area contributed by atoms with Crippen molar-refractivity contribution < 1.29 is 38.1 Å². The summed E-state index contributed by atoms with van der Waals surface area (Å²) >= 11 is 0. The highest BCUT2D eigenvalue weighted by atomic mass is 16.6. The number of carbonyl (C=O) groups is 4. The molecule has 0 saturated heterocycles. The Morgan fingerprint density at radius 2 is 0.455 bits per heavy atom. The van der Waals surface area contributed by atoms with Crippen LogP contribution in [0.15, 0.2) is 0 Å². The number of carbonyl (C=O) groups excluding carboxylic acids is 4. The maximum atomic E-state index is 12.7. The van der Waals surface area contributed by atoms with Crippen LogP contribution in [0.1, 0.15) is 388 Å². The van der Waals surface area contributed by atoms with Gasteiger partial charge in [0.1, 0.15) is 13.2 Å². The molecule has 8 heteroatoms. The van der Waals surface area contributed by atoms with Crippen LogP contribution in [-0.4, -0.2) is 49.8 Å². The highest BCUT2D eigenvalue weighted by Crippen LogP contribution is 2.18. The quantitative estimate of drug-likeness (QED) is 0.0337. The smallest absolute Gasteiger partial charge is 0.306 e. The van der Waals surface area contributed by atoms with Crippen LogP contribution in [0, 0.1) is 5.92 Å². The van der Waals surface area contributed by atoms with E-state index in [1.165, 1.54) is 250 Å². The Bertz CT molecular complexity index is 1160. The van der Waals surface area contributed by atoms with Crippen LogP contribution in [0.25, 0.3) is 0 Å². The van der Waals surface area contributed by atoms with Gasteiger partial charge in [0.15, 0.2) is 6.10 Å². The number of unbranched alkanes of at least 4 members (excludes halogenated alkanes) is 43. The van der Waals surface area contributed by atoms with Gasteiger partial charge in [-0.25, -0.2) is 0 Å². The summed E-state index contributed by atoms with van der Waals surface area (Å²) in [5, 5.41) is 0. The summed E-state index contributed by atoms with van der Waals surface area (Å²) < 4.78 is 22.1. The molecule has 0 aliphatic carbocycles. The molecule has 77 heavy (non-hydrogen) atoms. The third-order valence-corrected chi connectivity index (χ3v) is 15.6. The second-order valence-electron chi connectivity index (χ2n) is 23.4. The Morgan fingerprint density at radius 1 is 0.247 bits per heavy atom. The summed E-state index contributed by atoms with van der Waals surface area (Å²) in [6.45, 7) is 14.0. The molecule has 0 aliphatic rings. The lowest BCUT2D eigenvalue weighted by atomic mass is 10.0. The van der Waals surface area contributed by atoms with E-state index < -0.39 is 6.10 Å². The molecular weight excluding hydrogens is 957 g/mol. The van der Waals surface area contributed by atoms with Crippen molar-refractivity contribution in [3.05, 3.63) is 0 Å². The van der Waals surface area contributed by atoms with Gasteiger partial charge in [-0.05, 0) is 38.0 Å². The summed E-state index contributed by atoms with van der Waals surface area (Å²) in [6.07, 6.45) is 63.6. The van der Waals surface area contributed by atoms with Crippen molar-refractivity contribution in [3.63, 3.8) is 0 Å². The molecule has 0 aromatic heterocycles. The fourth-order valence-electron chi connectivity index (χ4n) is 10.1. The molecule has 0 spiro atoms. The molecule has 0 radical (unpaired) electrons. The topological polar surface area (TPSA) is 105 Å². The summed E-state index contributed by atoms with van der Waals surface area (Å²) in [7, 11) is 0. The second-order valence-corrected chi connectivity index (χ2v) is 23.4. The van der Waals surface area contributed by atoms with Gasteiger partial charge >= 0.3 is 23.9 Å². The second kappa shape index (κ2) is 66.4. The van der Waals surface area contributed by atoms with Crippen molar-refractivity contribution in [1.29, 1.82) is 0 Å². The number of hydrogen-bond acceptors (Lipinski definition) is 8. The lowest BCUT2D eigenvalue weighted by molar-refractivity contribution is -0.167. The highest BCUT2D eigenvalue weighted by Gasteiger charge is 2.20. The van der Waals surface area contributed by atoms with Crippen LogP contribution in [-0.2, 0) is 38.1 Å². The Labute approximate surface area is 480 Å². The summed E-state index contributed by atoms with van der Waals surface area (Å²) in [5.74, 6) is -0.276. The molecular formula is C69H134O8. The Morgan fingerprint density at radius 3 is 0.688 bits per heavy atom. The molecule has 0 aliphatic heterocycles. The molecule has 1 atom stereocenters. The van der Waals surface area contributed by atoms with Gasteiger partial charge in [-0.15, -0.1) is 0 Å². The first-order chi connectivity index (χ1) is 37.8. The number of ether oxygens (including phenoxy) is 4. The van der Waals surface area contributed by atoms with Gasteiger partial charge in [-0.1, -0.05) is 330 Å². The molecule has 0 aromatic carbocycles. The SMILES string of the molecule is CCCCCCCCCCCCCC(=O)OCC(COC(=O)CCCCCCCCCCCCC)OC(=O)CCCCCCCCCCCCC.CCCCCCCCCCCCCCCC(=O)OCC(CC)CCCC. The molecule has 0 amide bonds.